The topological polar surface area (TPSA) is 32.3 Å². The Bertz CT molecular complexity index is 530. The van der Waals surface area contributed by atoms with Crippen molar-refractivity contribution in [3.05, 3.63) is 34.9 Å². The van der Waals surface area contributed by atoms with Crippen LogP contribution in [0.4, 0.5) is 0 Å². The first kappa shape index (κ1) is 15.5. The smallest absolute Gasteiger partial charge is 0.234 e. The number of hydrogen-bond donors (Lipinski definition) is 1. The molecule has 2 saturated carbocycles. The Morgan fingerprint density at radius 3 is 2.50 bits per heavy atom. The molecule has 1 aromatic carbocycles. The van der Waals surface area contributed by atoms with Gasteiger partial charge in [-0.1, -0.05) is 31.0 Å². The van der Waals surface area contributed by atoms with Crippen molar-refractivity contribution >= 4 is 5.91 Å². The number of carbonyl (C=O) groups excluding carboxylic acids is 1. The molecule has 1 amide bonds. The molecule has 1 N–H and O–H groups in total. The molecule has 2 fully saturated rings. The number of rotatable bonds is 6. The molecule has 22 heavy (non-hydrogen) atoms. The Morgan fingerprint density at radius 1 is 1.14 bits per heavy atom. The maximum Gasteiger partial charge on any atom is 0.234 e. The zero-order chi connectivity index (χ0) is 15.5. The van der Waals surface area contributed by atoms with Gasteiger partial charge in [-0.2, -0.15) is 0 Å². The van der Waals surface area contributed by atoms with E-state index in [9.17, 15) is 4.79 Å². The molecule has 0 radical (unpaired) electrons. The highest BCUT2D eigenvalue weighted by atomic mass is 16.2. The van der Waals surface area contributed by atoms with Gasteiger partial charge in [-0.3, -0.25) is 9.69 Å². The first-order chi connectivity index (χ1) is 10.6. The van der Waals surface area contributed by atoms with Gasteiger partial charge < -0.3 is 5.32 Å². The predicted octanol–water partition coefficient (Wildman–Crippen LogP) is 3.33. The highest BCUT2D eigenvalue weighted by molar-refractivity contribution is 5.78. The SMILES string of the molecule is Cc1ccc(CN(CC(=O)NC2CCCC2)C2CC2)cc1C. The van der Waals surface area contributed by atoms with Crippen LogP contribution in [0.1, 0.15) is 55.2 Å². The number of benzene rings is 1. The van der Waals surface area contributed by atoms with Crippen LogP contribution in [0.2, 0.25) is 0 Å². The maximum atomic E-state index is 12.3. The molecule has 3 nitrogen and oxygen atoms in total. The first-order valence-electron chi connectivity index (χ1n) is 8.71. The van der Waals surface area contributed by atoms with Gasteiger partial charge >= 0.3 is 0 Å². The van der Waals surface area contributed by atoms with Crippen LogP contribution in [0.3, 0.4) is 0 Å². The fourth-order valence-corrected chi connectivity index (χ4v) is 3.42. The van der Waals surface area contributed by atoms with Gasteiger partial charge in [-0.05, 0) is 56.2 Å². The second-order valence-corrected chi connectivity index (χ2v) is 7.10. The molecule has 120 valence electrons. The Kier molecular flexibility index (Phi) is 4.82. The molecule has 3 rings (SSSR count). The zero-order valence-corrected chi connectivity index (χ0v) is 13.9. The average Bonchev–Trinajstić information content (AvgIpc) is 3.21. The van der Waals surface area contributed by atoms with Gasteiger partial charge in [0, 0.05) is 18.6 Å². The molecule has 2 aliphatic carbocycles. The van der Waals surface area contributed by atoms with Crippen LogP contribution >= 0.6 is 0 Å². The Hall–Kier alpha value is -1.35. The fourth-order valence-electron chi connectivity index (χ4n) is 3.42. The molecule has 0 aliphatic heterocycles. The van der Waals surface area contributed by atoms with Crippen molar-refractivity contribution in [1.29, 1.82) is 0 Å². The molecule has 0 aromatic heterocycles. The van der Waals surface area contributed by atoms with Crippen molar-refractivity contribution in [3.8, 4) is 0 Å². The summed E-state index contributed by atoms with van der Waals surface area (Å²) in [5, 5.41) is 3.22. The normalized spacial score (nSPS) is 18.9. The van der Waals surface area contributed by atoms with Gasteiger partial charge in [0.15, 0.2) is 0 Å². The highest BCUT2D eigenvalue weighted by Crippen LogP contribution is 2.28. The summed E-state index contributed by atoms with van der Waals surface area (Å²) < 4.78 is 0. The van der Waals surface area contributed by atoms with Gasteiger partial charge in [0.1, 0.15) is 0 Å². The van der Waals surface area contributed by atoms with E-state index < -0.39 is 0 Å². The molecular formula is C19H28N2O. The van der Waals surface area contributed by atoms with Crippen molar-refractivity contribution in [2.24, 2.45) is 0 Å². The second-order valence-electron chi connectivity index (χ2n) is 7.10. The third-order valence-electron chi connectivity index (χ3n) is 5.09. The molecule has 0 saturated heterocycles. The third kappa shape index (κ3) is 4.10. The number of hydrogen-bond acceptors (Lipinski definition) is 2. The molecule has 3 heteroatoms. The first-order valence-corrected chi connectivity index (χ1v) is 8.71. The van der Waals surface area contributed by atoms with Crippen molar-refractivity contribution in [1.82, 2.24) is 10.2 Å². The summed E-state index contributed by atoms with van der Waals surface area (Å²) in [5.74, 6) is 0.211. The van der Waals surface area contributed by atoms with Gasteiger partial charge in [0.2, 0.25) is 5.91 Å². The molecule has 0 spiro atoms. The van der Waals surface area contributed by atoms with Gasteiger partial charge in [0.25, 0.3) is 0 Å². The molecular weight excluding hydrogens is 272 g/mol. The van der Waals surface area contributed by atoms with Crippen molar-refractivity contribution in [3.63, 3.8) is 0 Å². The zero-order valence-electron chi connectivity index (χ0n) is 13.9. The second kappa shape index (κ2) is 6.82. The molecule has 0 atom stereocenters. The lowest BCUT2D eigenvalue weighted by molar-refractivity contribution is -0.123. The lowest BCUT2D eigenvalue weighted by atomic mass is 10.1. The van der Waals surface area contributed by atoms with E-state index >= 15 is 0 Å². The number of aryl methyl sites for hydroxylation is 2. The minimum absolute atomic E-state index is 0.211. The van der Waals surface area contributed by atoms with Crippen LogP contribution in [0.25, 0.3) is 0 Å². The van der Waals surface area contributed by atoms with Crippen LogP contribution in [-0.4, -0.2) is 29.4 Å². The molecule has 0 heterocycles. The number of carbonyl (C=O) groups is 1. The number of nitrogens with zero attached hydrogens (tertiary/aromatic N) is 1. The summed E-state index contributed by atoms with van der Waals surface area (Å²) in [6, 6.07) is 7.69. The lowest BCUT2D eigenvalue weighted by Gasteiger charge is -2.23. The van der Waals surface area contributed by atoms with Crippen molar-refractivity contribution < 1.29 is 4.79 Å². The molecule has 0 bridgehead atoms. The van der Waals surface area contributed by atoms with Crippen molar-refractivity contribution in [2.45, 2.75) is 71.0 Å². The molecule has 2 aliphatic rings. The quantitative estimate of drug-likeness (QED) is 0.874. The van der Waals surface area contributed by atoms with E-state index in [-0.39, 0.29) is 5.91 Å². The van der Waals surface area contributed by atoms with Crippen LogP contribution < -0.4 is 5.32 Å². The summed E-state index contributed by atoms with van der Waals surface area (Å²) in [6.45, 7) is 5.75. The third-order valence-corrected chi connectivity index (χ3v) is 5.09. The van der Waals surface area contributed by atoms with E-state index in [1.165, 1.54) is 42.4 Å². The van der Waals surface area contributed by atoms with E-state index in [0.29, 0.717) is 18.6 Å². The van der Waals surface area contributed by atoms with Crippen LogP contribution in [0.5, 0.6) is 0 Å². The summed E-state index contributed by atoms with van der Waals surface area (Å²) in [6.07, 6.45) is 7.32. The lowest BCUT2D eigenvalue weighted by Crippen LogP contribution is -2.41. The molecule has 1 aromatic rings. The van der Waals surface area contributed by atoms with Gasteiger partial charge in [0.05, 0.1) is 6.54 Å². The molecule has 0 unspecified atom stereocenters. The summed E-state index contributed by atoms with van der Waals surface area (Å²) in [7, 11) is 0. The van der Waals surface area contributed by atoms with E-state index in [1.807, 2.05) is 0 Å². The van der Waals surface area contributed by atoms with Crippen LogP contribution in [-0.2, 0) is 11.3 Å². The van der Waals surface area contributed by atoms with Crippen LogP contribution in [0.15, 0.2) is 18.2 Å². The van der Waals surface area contributed by atoms with Gasteiger partial charge in [-0.25, -0.2) is 0 Å². The van der Waals surface area contributed by atoms with E-state index in [1.54, 1.807) is 0 Å². The van der Waals surface area contributed by atoms with E-state index in [4.69, 9.17) is 0 Å². The summed E-state index contributed by atoms with van der Waals surface area (Å²) in [4.78, 5) is 14.7. The Balaban J connectivity index is 1.57. The number of nitrogens with one attached hydrogen (secondary N) is 1. The summed E-state index contributed by atoms with van der Waals surface area (Å²) in [5.41, 5.74) is 3.99. The minimum Gasteiger partial charge on any atom is -0.352 e. The minimum atomic E-state index is 0.211. The summed E-state index contributed by atoms with van der Waals surface area (Å²) >= 11 is 0. The Morgan fingerprint density at radius 2 is 1.86 bits per heavy atom. The average molecular weight is 300 g/mol. The number of amides is 1. The largest absolute Gasteiger partial charge is 0.352 e. The highest BCUT2D eigenvalue weighted by Gasteiger charge is 2.30. The van der Waals surface area contributed by atoms with Gasteiger partial charge in [-0.15, -0.1) is 0 Å². The van der Waals surface area contributed by atoms with E-state index in [2.05, 4.69) is 42.3 Å². The van der Waals surface area contributed by atoms with Crippen LogP contribution in [0, 0.1) is 13.8 Å². The maximum absolute atomic E-state index is 12.3. The van der Waals surface area contributed by atoms with Crippen molar-refractivity contribution in [2.75, 3.05) is 6.54 Å². The Labute approximate surface area is 134 Å². The fraction of sp³-hybridized carbons (Fsp3) is 0.632. The predicted molar refractivity (Wildman–Crippen MR) is 89.7 cm³/mol. The monoisotopic (exact) mass is 300 g/mol. The standard InChI is InChI=1S/C19H28N2O/c1-14-7-8-16(11-15(14)2)12-21(18-9-10-18)13-19(22)20-17-5-3-4-6-17/h7-8,11,17-18H,3-6,9-10,12-13H2,1-2H3,(H,20,22). The van der Waals surface area contributed by atoms with E-state index in [0.717, 1.165) is 19.4 Å².